The van der Waals surface area contributed by atoms with Gasteiger partial charge in [-0.2, -0.15) is 0 Å². The molecule has 0 aliphatic rings. The van der Waals surface area contributed by atoms with E-state index >= 15 is 0 Å². The summed E-state index contributed by atoms with van der Waals surface area (Å²) >= 11 is 7.35. The van der Waals surface area contributed by atoms with Gasteiger partial charge in [-0.1, -0.05) is 53.7 Å². The van der Waals surface area contributed by atoms with Gasteiger partial charge in [0.25, 0.3) is 0 Å². The van der Waals surface area contributed by atoms with Gasteiger partial charge in [0.05, 0.1) is 21.6 Å². The van der Waals surface area contributed by atoms with Gasteiger partial charge in [-0.3, -0.25) is 4.79 Å². The van der Waals surface area contributed by atoms with Crippen molar-refractivity contribution >= 4 is 35.0 Å². The quantitative estimate of drug-likeness (QED) is 0.699. The number of nitrogens with zero attached hydrogens (tertiary/aromatic N) is 3. The molecule has 0 fully saturated rings. The lowest BCUT2D eigenvalue weighted by Crippen LogP contribution is -2.22. The Morgan fingerprint density at radius 3 is 2.62 bits per heavy atom. The molecule has 5 nitrogen and oxygen atoms in total. The van der Waals surface area contributed by atoms with Gasteiger partial charge in [-0.05, 0) is 31.2 Å². The van der Waals surface area contributed by atoms with Crippen LogP contribution in [0.3, 0.4) is 0 Å². The molecule has 0 saturated heterocycles. The van der Waals surface area contributed by atoms with E-state index in [0.717, 1.165) is 5.69 Å². The van der Waals surface area contributed by atoms with Crippen LogP contribution in [0.5, 0.6) is 0 Å². The van der Waals surface area contributed by atoms with Crippen molar-refractivity contribution in [3.05, 3.63) is 65.9 Å². The maximum atomic E-state index is 12.3. The average molecular weight is 359 g/mol. The van der Waals surface area contributed by atoms with Gasteiger partial charge in [0.2, 0.25) is 11.1 Å². The Morgan fingerprint density at radius 2 is 1.88 bits per heavy atom. The Kier molecular flexibility index (Phi) is 5.17. The van der Waals surface area contributed by atoms with Crippen LogP contribution in [0.2, 0.25) is 5.02 Å². The SMILES string of the molecule is CC(Sc1ncn(-c2ccccc2)n1)C(=O)Nc1ccccc1Cl. The topological polar surface area (TPSA) is 59.8 Å². The van der Waals surface area contributed by atoms with Crippen molar-refractivity contribution in [1.29, 1.82) is 0 Å². The van der Waals surface area contributed by atoms with Crippen LogP contribution in [0.4, 0.5) is 5.69 Å². The molecule has 1 heterocycles. The summed E-state index contributed by atoms with van der Waals surface area (Å²) in [5.74, 6) is -0.149. The third-order valence-corrected chi connectivity index (χ3v) is 4.57. The lowest BCUT2D eigenvalue weighted by molar-refractivity contribution is -0.115. The lowest BCUT2D eigenvalue weighted by Gasteiger charge is -2.11. The second kappa shape index (κ2) is 7.51. The first-order valence-corrected chi connectivity index (χ1v) is 8.58. The van der Waals surface area contributed by atoms with Crippen LogP contribution in [0.25, 0.3) is 5.69 Å². The molecule has 7 heteroatoms. The van der Waals surface area contributed by atoms with E-state index in [9.17, 15) is 4.79 Å². The Balaban J connectivity index is 1.65. The number of halogens is 1. The Bertz CT molecular complexity index is 837. The van der Waals surface area contributed by atoms with Crippen molar-refractivity contribution < 1.29 is 4.79 Å². The van der Waals surface area contributed by atoms with Crippen LogP contribution in [-0.2, 0) is 4.79 Å². The first-order valence-electron chi connectivity index (χ1n) is 7.32. The second-order valence-electron chi connectivity index (χ2n) is 5.04. The number of rotatable bonds is 5. The largest absolute Gasteiger partial charge is 0.324 e. The number of hydrogen-bond donors (Lipinski definition) is 1. The molecule has 3 aromatic rings. The maximum Gasteiger partial charge on any atom is 0.237 e. The number of anilines is 1. The minimum absolute atomic E-state index is 0.149. The predicted octanol–water partition coefficient (Wildman–Crippen LogP) is 4.04. The molecule has 2 aromatic carbocycles. The summed E-state index contributed by atoms with van der Waals surface area (Å²) in [6.07, 6.45) is 1.64. The minimum Gasteiger partial charge on any atom is -0.324 e. The zero-order valence-corrected chi connectivity index (χ0v) is 14.5. The fraction of sp³-hybridized carbons (Fsp3) is 0.118. The molecule has 122 valence electrons. The molecule has 0 spiro atoms. The average Bonchev–Trinajstić information content (AvgIpc) is 3.06. The van der Waals surface area contributed by atoms with Crippen LogP contribution >= 0.6 is 23.4 Å². The molecule has 1 N–H and O–H groups in total. The van der Waals surface area contributed by atoms with Crippen molar-refractivity contribution in [3.63, 3.8) is 0 Å². The van der Waals surface area contributed by atoms with Crippen LogP contribution in [0, 0.1) is 0 Å². The molecule has 0 radical (unpaired) electrons. The number of aromatic nitrogens is 3. The van der Waals surface area contributed by atoms with E-state index in [1.165, 1.54) is 11.8 Å². The highest BCUT2D eigenvalue weighted by molar-refractivity contribution is 8.00. The molecule has 0 aliphatic carbocycles. The first kappa shape index (κ1) is 16.5. The number of amides is 1. The molecule has 1 aromatic heterocycles. The van der Waals surface area contributed by atoms with Gasteiger partial charge < -0.3 is 5.32 Å². The highest BCUT2D eigenvalue weighted by Crippen LogP contribution is 2.24. The standard InChI is InChI=1S/C17H15ClN4OS/c1-12(16(23)20-15-10-6-5-9-14(15)18)24-17-19-11-22(21-17)13-7-3-2-4-8-13/h2-12H,1H3,(H,20,23). The molecule has 1 atom stereocenters. The Morgan fingerprint density at radius 1 is 1.17 bits per heavy atom. The van der Waals surface area contributed by atoms with Gasteiger partial charge >= 0.3 is 0 Å². The molecule has 1 unspecified atom stereocenters. The van der Waals surface area contributed by atoms with E-state index in [1.54, 1.807) is 30.1 Å². The van der Waals surface area contributed by atoms with E-state index < -0.39 is 0 Å². The van der Waals surface area contributed by atoms with E-state index in [1.807, 2.05) is 42.5 Å². The van der Waals surface area contributed by atoms with Crippen molar-refractivity contribution in [2.24, 2.45) is 0 Å². The summed E-state index contributed by atoms with van der Waals surface area (Å²) in [7, 11) is 0. The number of thioether (sulfide) groups is 1. The van der Waals surface area contributed by atoms with Gasteiger partial charge in [0.15, 0.2) is 0 Å². The van der Waals surface area contributed by atoms with Crippen molar-refractivity contribution in [2.45, 2.75) is 17.3 Å². The van der Waals surface area contributed by atoms with E-state index in [-0.39, 0.29) is 11.2 Å². The molecule has 0 saturated carbocycles. The van der Waals surface area contributed by atoms with E-state index in [4.69, 9.17) is 11.6 Å². The smallest absolute Gasteiger partial charge is 0.237 e. The monoisotopic (exact) mass is 358 g/mol. The zero-order valence-electron chi connectivity index (χ0n) is 12.9. The fourth-order valence-corrected chi connectivity index (χ4v) is 2.92. The van der Waals surface area contributed by atoms with Gasteiger partial charge in [-0.25, -0.2) is 9.67 Å². The highest BCUT2D eigenvalue weighted by atomic mass is 35.5. The Labute approximate surface area is 149 Å². The summed E-state index contributed by atoms with van der Waals surface area (Å²) < 4.78 is 1.68. The van der Waals surface area contributed by atoms with Crippen LogP contribution in [0.15, 0.2) is 66.1 Å². The normalized spacial score (nSPS) is 11.9. The van der Waals surface area contributed by atoms with Crippen LogP contribution in [0.1, 0.15) is 6.92 Å². The van der Waals surface area contributed by atoms with Gasteiger partial charge in [-0.15, -0.1) is 5.10 Å². The minimum atomic E-state index is -0.354. The summed E-state index contributed by atoms with van der Waals surface area (Å²) in [6, 6.07) is 16.8. The summed E-state index contributed by atoms with van der Waals surface area (Å²) in [5, 5.41) is 7.90. The van der Waals surface area contributed by atoms with Crippen LogP contribution < -0.4 is 5.32 Å². The van der Waals surface area contributed by atoms with Crippen LogP contribution in [-0.4, -0.2) is 25.9 Å². The number of benzene rings is 2. The third kappa shape index (κ3) is 3.96. The fourth-order valence-electron chi connectivity index (χ4n) is 2.02. The van der Waals surface area contributed by atoms with Crippen molar-refractivity contribution in [3.8, 4) is 5.69 Å². The molecule has 0 aliphatic heterocycles. The van der Waals surface area contributed by atoms with Crippen molar-refractivity contribution in [2.75, 3.05) is 5.32 Å². The highest BCUT2D eigenvalue weighted by Gasteiger charge is 2.18. The predicted molar refractivity (Wildman–Crippen MR) is 96.8 cm³/mol. The molecule has 0 bridgehead atoms. The molecular weight excluding hydrogens is 344 g/mol. The van der Waals surface area contributed by atoms with E-state index in [2.05, 4.69) is 15.4 Å². The molecule has 3 rings (SSSR count). The maximum absolute atomic E-state index is 12.3. The number of carbonyl (C=O) groups excluding carboxylic acids is 1. The Hall–Kier alpha value is -2.31. The number of carbonyl (C=O) groups is 1. The van der Waals surface area contributed by atoms with Gasteiger partial charge in [0.1, 0.15) is 6.33 Å². The molecule has 1 amide bonds. The third-order valence-electron chi connectivity index (χ3n) is 3.27. The number of hydrogen-bond acceptors (Lipinski definition) is 4. The summed E-state index contributed by atoms with van der Waals surface area (Å²) in [4.78, 5) is 16.5. The number of para-hydroxylation sites is 2. The molecular formula is C17H15ClN4OS. The summed E-state index contributed by atoms with van der Waals surface area (Å²) in [6.45, 7) is 1.81. The zero-order chi connectivity index (χ0) is 16.9. The van der Waals surface area contributed by atoms with E-state index in [0.29, 0.717) is 15.9 Å². The number of nitrogens with one attached hydrogen (secondary N) is 1. The lowest BCUT2D eigenvalue weighted by atomic mass is 10.3. The first-order chi connectivity index (χ1) is 11.6. The summed E-state index contributed by atoms with van der Waals surface area (Å²) in [5.41, 5.74) is 1.52. The second-order valence-corrected chi connectivity index (χ2v) is 6.75. The molecule has 24 heavy (non-hydrogen) atoms. The van der Waals surface area contributed by atoms with Crippen molar-refractivity contribution in [1.82, 2.24) is 14.8 Å². The van der Waals surface area contributed by atoms with Gasteiger partial charge in [0, 0.05) is 0 Å².